The third kappa shape index (κ3) is 2.83. The quantitative estimate of drug-likeness (QED) is 0.441. The Morgan fingerprint density at radius 2 is 2.24 bits per heavy atom. The van der Waals surface area contributed by atoms with E-state index in [1.807, 2.05) is 0 Å². The van der Waals surface area contributed by atoms with Crippen LogP contribution in [0.5, 0.6) is 5.75 Å². The van der Waals surface area contributed by atoms with Gasteiger partial charge in [-0.3, -0.25) is 15.0 Å². The van der Waals surface area contributed by atoms with Gasteiger partial charge in [-0.25, -0.2) is 9.78 Å². The van der Waals surface area contributed by atoms with E-state index in [1.165, 1.54) is 12.3 Å². The summed E-state index contributed by atoms with van der Waals surface area (Å²) in [6, 6.07) is 3.19. The molecule has 0 aliphatic carbocycles. The molecule has 3 aromatic rings. The van der Waals surface area contributed by atoms with Crippen LogP contribution in [0.15, 0.2) is 29.3 Å². The molecule has 0 saturated carbocycles. The number of carbonyl (C=O) groups is 1. The highest BCUT2D eigenvalue weighted by molar-refractivity contribution is 5.90. The first kappa shape index (κ1) is 14.1. The molecule has 110 valence electrons. The standard InChI is InChI=1S/C8H7N3O4.C3H5N3/c1-15-8(14)5-6(12)7(13)11-4(10-5)2-3-9-11;4-3-1-2-5-6-3/h2-3,9,12H,1H3;1-2H,(H3,4,5,6). The summed E-state index contributed by atoms with van der Waals surface area (Å²) in [6.45, 7) is 0. The van der Waals surface area contributed by atoms with Gasteiger partial charge in [-0.2, -0.15) is 9.61 Å². The summed E-state index contributed by atoms with van der Waals surface area (Å²) in [4.78, 5) is 26.4. The van der Waals surface area contributed by atoms with Gasteiger partial charge in [-0.15, -0.1) is 0 Å². The number of esters is 1. The summed E-state index contributed by atoms with van der Waals surface area (Å²) >= 11 is 0. The molecular weight excluding hydrogens is 280 g/mol. The van der Waals surface area contributed by atoms with Crippen LogP contribution in [0.2, 0.25) is 0 Å². The van der Waals surface area contributed by atoms with Gasteiger partial charge in [0.2, 0.25) is 5.75 Å². The molecule has 0 atom stereocenters. The summed E-state index contributed by atoms with van der Waals surface area (Å²) in [5.41, 5.74) is 4.26. The second-order valence-electron chi connectivity index (χ2n) is 3.77. The molecular formula is C11H12N6O4. The SMILES string of the molecule is COC(=O)c1nc2cc[nH]n2c(=O)c1O.Nc1ccn[nH]1. The van der Waals surface area contributed by atoms with Gasteiger partial charge in [-0.1, -0.05) is 0 Å². The normalized spacial score (nSPS) is 9.95. The number of nitrogens with two attached hydrogens (primary N) is 1. The molecule has 0 saturated heterocycles. The Kier molecular flexibility index (Phi) is 3.88. The van der Waals surface area contributed by atoms with Gasteiger partial charge in [0.25, 0.3) is 0 Å². The average Bonchev–Trinajstić information content (AvgIpc) is 3.13. The minimum absolute atomic E-state index is 0.234. The van der Waals surface area contributed by atoms with E-state index >= 15 is 0 Å². The number of fused-ring (bicyclic) bond motifs is 1. The van der Waals surface area contributed by atoms with E-state index in [1.54, 1.807) is 12.3 Å². The van der Waals surface area contributed by atoms with Crippen LogP contribution in [0.4, 0.5) is 5.82 Å². The van der Waals surface area contributed by atoms with Gasteiger partial charge >= 0.3 is 11.5 Å². The van der Waals surface area contributed by atoms with Crippen LogP contribution in [0.25, 0.3) is 5.65 Å². The van der Waals surface area contributed by atoms with Crippen molar-refractivity contribution in [1.29, 1.82) is 0 Å². The largest absolute Gasteiger partial charge is 0.501 e. The van der Waals surface area contributed by atoms with E-state index in [2.05, 4.69) is 25.0 Å². The van der Waals surface area contributed by atoms with Crippen molar-refractivity contribution in [3.05, 3.63) is 40.6 Å². The lowest BCUT2D eigenvalue weighted by atomic mass is 10.3. The van der Waals surface area contributed by atoms with Crippen LogP contribution in [0.3, 0.4) is 0 Å². The summed E-state index contributed by atoms with van der Waals surface area (Å²) in [6.07, 6.45) is 3.07. The topological polar surface area (TPSA) is 151 Å². The Bertz CT molecular complexity index is 804. The minimum atomic E-state index is -0.853. The molecule has 0 radical (unpaired) electrons. The van der Waals surface area contributed by atoms with E-state index in [4.69, 9.17) is 5.73 Å². The van der Waals surface area contributed by atoms with Crippen molar-refractivity contribution in [2.75, 3.05) is 12.8 Å². The number of aromatic amines is 2. The zero-order valence-electron chi connectivity index (χ0n) is 10.9. The molecule has 10 heteroatoms. The lowest BCUT2D eigenvalue weighted by Crippen LogP contribution is -2.19. The smallest absolute Gasteiger partial charge is 0.360 e. The van der Waals surface area contributed by atoms with Crippen LogP contribution in [-0.4, -0.2) is 43.0 Å². The van der Waals surface area contributed by atoms with E-state index in [9.17, 15) is 14.7 Å². The second-order valence-corrected chi connectivity index (χ2v) is 3.77. The molecule has 3 aromatic heterocycles. The molecule has 0 aromatic carbocycles. The maximum atomic E-state index is 11.5. The molecule has 10 nitrogen and oxygen atoms in total. The monoisotopic (exact) mass is 292 g/mol. The molecule has 5 N–H and O–H groups in total. The Morgan fingerprint density at radius 1 is 1.48 bits per heavy atom. The molecule has 21 heavy (non-hydrogen) atoms. The number of rotatable bonds is 1. The molecule has 0 amide bonds. The van der Waals surface area contributed by atoms with Gasteiger partial charge in [-0.05, 0) is 6.07 Å². The highest BCUT2D eigenvalue weighted by atomic mass is 16.5. The Balaban J connectivity index is 0.000000225. The van der Waals surface area contributed by atoms with Crippen molar-refractivity contribution in [3.8, 4) is 5.75 Å². The lowest BCUT2D eigenvalue weighted by molar-refractivity contribution is 0.0590. The number of aromatic nitrogens is 5. The molecule has 0 unspecified atom stereocenters. The van der Waals surface area contributed by atoms with E-state index in [0.29, 0.717) is 5.82 Å². The summed E-state index contributed by atoms with van der Waals surface area (Å²) in [7, 11) is 1.14. The van der Waals surface area contributed by atoms with Crippen LogP contribution < -0.4 is 11.3 Å². The highest BCUT2D eigenvalue weighted by Gasteiger charge is 2.19. The van der Waals surface area contributed by atoms with Crippen molar-refractivity contribution >= 4 is 17.4 Å². The maximum Gasteiger partial charge on any atom is 0.360 e. The number of nitrogens with zero attached hydrogens (tertiary/aromatic N) is 3. The molecule has 0 bridgehead atoms. The van der Waals surface area contributed by atoms with E-state index in [-0.39, 0.29) is 11.3 Å². The number of anilines is 1. The number of methoxy groups -OCH3 is 1. The Morgan fingerprint density at radius 3 is 2.76 bits per heavy atom. The van der Waals surface area contributed by atoms with Gasteiger partial charge in [0, 0.05) is 12.3 Å². The Labute approximate surface area is 117 Å². The predicted octanol–water partition coefficient (Wildman–Crippen LogP) is -0.493. The first-order valence-corrected chi connectivity index (χ1v) is 5.67. The number of H-pyrrole nitrogens is 2. The number of carbonyl (C=O) groups excluding carboxylic acids is 1. The zero-order chi connectivity index (χ0) is 15.4. The van der Waals surface area contributed by atoms with Crippen LogP contribution in [-0.2, 0) is 4.74 Å². The molecule has 0 spiro atoms. The van der Waals surface area contributed by atoms with Crippen molar-refractivity contribution in [2.45, 2.75) is 0 Å². The Hall–Kier alpha value is -3.30. The van der Waals surface area contributed by atoms with Crippen molar-refractivity contribution in [2.24, 2.45) is 0 Å². The summed E-state index contributed by atoms with van der Waals surface area (Å²) in [5, 5.41) is 18.0. The minimum Gasteiger partial charge on any atom is -0.501 e. The van der Waals surface area contributed by atoms with Crippen molar-refractivity contribution in [1.82, 2.24) is 24.8 Å². The highest BCUT2D eigenvalue weighted by Crippen LogP contribution is 2.10. The number of nitrogens with one attached hydrogen (secondary N) is 2. The first-order chi connectivity index (χ1) is 10.0. The number of ether oxygens (including phenoxy) is 1. The van der Waals surface area contributed by atoms with Crippen molar-refractivity contribution in [3.63, 3.8) is 0 Å². The number of nitrogen functional groups attached to an aromatic ring is 1. The third-order valence-corrected chi connectivity index (χ3v) is 2.42. The van der Waals surface area contributed by atoms with Crippen molar-refractivity contribution < 1.29 is 14.6 Å². The third-order valence-electron chi connectivity index (χ3n) is 2.42. The molecule has 3 rings (SSSR count). The van der Waals surface area contributed by atoms with Gasteiger partial charge in [0.1, 0.15) is 5.82 Å². The molecule has 0 fully saturated rings. The number of hydrogen-bond acceptors (Lipinski definition) is 7. The van der Waals surface area contributed by atoms with Gasteiger partial charge in [0.05, 0.1) is 13.3 Å². The van der Waals surface area contributed by atoms with Gasteiger partial charge < -0.3 is 15.6 Å². The number of hydrogen-bond donors (Lipinski definition) is 4. The van der Waals surface area contributed by atoms with Crippen LogP contribution in [0.1, 0.15) is 10.5 Å². The molecule has 0 aliphatic heterocycles. The average molecular weight is 292 g/mol. The lowest BCUT2D eigenvalue weighted by Gasteiger charge is -2.01. The summed E-state index contributed by atoms with van der Waals surface area (Å²) < 4.78 is 5.39. The molecule has 0 aliphatic rings. The predicted molar refractivity (Wildman–Crippen MR) is 71.8 cm³/mol. The fourth-order valence-electron chi connectivity index (χ4n) is 1.46. The molecule has 3 heterocycles. The maximum absolute atomic E-state index is 11.5. The fraction of sp³-hybridized carbons (Fsp3) is 0.0909. The van der Waals surface area contributed by atoms with E-state index < -0.39 is 17.3 Å². The first-order valence-electron chi connectivity index (χ1n) is 5.67. The fourth-order valence-corrected chi connectivity index (χ4v) is 1.46. The van der Waals surface area contributed by atoms with Gasteiger partial charge in [0.15, 0.2) is 11.3 Å². The zero-order valence-corrected chi connectivity index (χ0v) is 10.9. The van der Waals surface area contributed by atoms with E-state index in [0.717, 1.165) is 11.6 Å². The number of aromatic hydroxyl groups is 1. The summed E-state index contributed by atoms with van der Waals surface area (Å²) in [5.74, 6) is -0.981. The van der Waals surface area contributed by atoms with Crippen LogP contribution >= 0.6 is 0 Å². The second kappa shape index (κ2) is 5.77. The van der Waals surface area contributed by atoms with Crippen LogP contribution in [0, 0.1) is 0 Å².